The Balaban J connectivity index is 0.00000361. The van der Waals surface area contributed by atoms with Gasteiger partial charge in [0, 0.05) is 61.5 Å². The zero-order valence-corrected chi connectivity index (χ0v) is 29.9. The Morgan fingerprint density at radius 1 is 0.700 bits per heavy atom. The molecule has 7 nitrogen and oxygen atoms in total. The predicted molar refractivity (Wildman–Crippen MR) is 196 cm³/mol. The molecule has 0 fully saturated rings. The van der Waals surface area contributed by atoms with Crippen molar-refractivity contribution in [3.63, 3.8) is 0 Å². The fourth-order valence-corrected chi connectivity index (χ4v) is 6.51. The summed E-state index contributed by atoms with van der Waals surface area (Å²) in [5.74, 6) is 2.83. The van der Waals surface area contributed by atoms with E-state index in [4.69, 9.17) is 14.7 Å². The second-order valence-corrected chi connectivity index (χ2v) is 13.2. The summed E-state index contributed by atoms with van der Waals surface area (Å²) in [4.78, 5) is 18.3. The van der Waals surface area contributed by atoms with Gasteiger partial charge in [-0.05, 0) is 58.8 Å². The van der Waals surface area contributed by atoms with Crippen LogP contribution in [0.2, 0.25) is 0 Å². The van der Waals surface area contributed by atoms with E-state index in [1.165, 1.54) is 5.56 Å². The van der Waals surface area contributed by atoms with E-state index in [0.29, 0.717) is 11.5 Å². The normalized spacial score (nSPS) is 12.8. The van der Waals surface area contributed by atoms with Crippen molar-refractivity contribution in [2.75, 3.05) is 9.80 Å². The second-order valence-electron chi connectivity index (χ2n) is 13.2. The van der Waals surface area contributed by atoms with Crippen molar-refractivity contribution >= 4 is 55.6 Å². The number of aromatic nitrogens is 4. The van der Waals surface area contributed by atoms with Crippen LogP contribution in [0.4, 0.5) is 22.9 Å². The minimum atomic E-state index is -0.0118. The van der Waals surface area contributed by atoms with Gasteiger partial charge >= 0.3 is 0 Å². The van der Waals surface area contributed by atoms with E-state index >= 15 is 0 Å². The van der Waals surface area contributed by atoms with Crippen LogP contribution in [0, 0.1) is 18.8 Å². The van der Waals surface area contributed by atoms with Crippen LogP contribution in [-0.4, -0.2) is 19.5 Å². The molecule has 248 valence electrons. The summed E-state index contributed by atoms with van der Waals surface area (Å²) >= 11 is 0. The third kappa shape index (κ3) is 5.48. The Kier molecular flexibility index (Phi) is 7.88. The van der Waals surface area contributed by atoms with E-state index < -0.39 is 0 Å². The number of fused-ring (bicyclic) bond motifs is 5. The van der Waals surface area contributed by atoms with E-state index in [-0.39, 0.29) is 26.5 Å². The maximum Gasteiger partial charge on any atom is 0.135 e. The van der Waals surface area contributed by atoms with Gasteiger partial charge < -0.3 is 19.1 Å². The average Bonchev–Trinajstić information content (AvgIpc) is 3.67. The number of anilines is 4. The fourth-order valence-electron chi connectivity index (χ4n) is 6.51. The molecule has 50 heavy (non-hydrogen) atoms. The third-order valence-corrected chi connectivity index (χ3v) is 8.99. The van der Waals surface area contributed by atoms with Gasteiger partial charge in [0.2, 0.25) is 0 Å². The molecule has 0 bridgehead atoms. The molecule has 0 saturated carbocycles. The van der Waals surface area contributed by atoms with Crippen molar-refractivity contribution in [3.05, 3.63) is 152 Å². The number of hydrogen-bond acceptors (Lipinski definition) is 6. The first-order valence-corrected chi connectivity index (χ1v) is 16.3. The molecule has 0 amide bonds. The Bertz CT molecular complexity index is 2540. The number of rotatable bonds is 5. The van der Waals surface area contributed by atoms with Crippen LogP contribution < -0.4 is 14.5 Å². The first-order chi connectivity index (χ1) is 23.9. The molecule has 0 unspecified atom stereocenters. The molecule has 4 aromatic heterocycles. The van der Waals surface area contributed by atoms with Gasteiger partial charge in [0.25, 0.3) is 0 Å². The maximum atomic E-state index is 6.48. The largest absolute Gasteiger partial charge is 0.509 e. The molecule has 0 N–H and O–H groups in total. The van der Waals surface area contributed by atoms with Gasteiger partial charge in [-0.15, -0.1) is 48.1 Å². The minimum absolute atomic E-state index is 0. The van der Waals surface area contributed by atoms with Crippen molar-refractivity contribution in [1.82, 2.24) is 19.5 Å². The van der Waals surface area contributed by atoms with E-state index in [0.717, 1.165) is 61.4 Å². The number of hydrogen-bond donors (Lipinski definition) is 0. The van der Waals surface area contributed by atoms with Crippen LogP contribution in [0.1, 0.15) is 26.3 Å². The zero-order chi connectivity index (χ0) is 33.1. The first kappa shape index (κ1) is 31.7. The van der Waals surface area contributed by atoms with E-state index in [9.17, 15) is 0 Å². The SMILES string of the molecule is CC(C)(C)c1ccnc(-n2c3[c-]c(Oc4[c-]c(N5[CH-]N(c6ccc7ccccc7n6)c6cnccc65)ccc4)ccc3c3ccccc32)c1.[Pt]. The summed E-state index contributed by atoms with van der Waals surface area (Å²) in [5, 5.41) is 3.32. The standard InChI is InChI=1S/C42H31N6O.Pt/c1-42(2,3)29-19-22-44-41(23-29)48-36-14-7-5-12-33(36)34-17-16-32(25-38(34)48)49-31-11-8-10-30(24-31)46-27-47(39-26-43-21-20-37(39)46)40-18-15-28-9-4-6-13-35(28)45-40;/h4-23,26-27H,1-3H3;/q-3;. The molecule has 0 aliphatic carbocycles. The van der Waals surface area contributed by atoms with E-state index in [1.54, 1.807) is 6.20 Å². The van der Waals surface area contributed by atoms with Gasteiger partial charge in [0.05, 0.1) is 17.4 Å². The maximum absolute atomic E-state index is 6.48. The van der Waals surface area contributed by atoms with Gasteiger partial charge in [-0.1, -0.05) is 62.7 Å². The molecule has 0 radical (unpaired) electrons. The van der Waals surface area contributed by atoms with E-state index in [2.05, 4.69) is 107 Å². The minimum Gasteiger partial charge on any atom is -0.509 e. The van der Waals surface area contributed by atoms with Gasteiger partial charge in [0.15, 0.2) is 0 Å². The van der Waals surface area contributed by atoms with Crippen molar-refractivity contribution in [1.29, 1.82) is 0 Å². The predicted octanol–water partition coefficient (Wildman–Crippen LogP) is 10.2. The summed E-state index contributed by atoms with van der Waals surface area (Å²) in [6.45, 7) is 8.67. The van der Waals surface area contributed by atoms with Gasteiger partial charge in [-0.3, -0.25) is 4.98 Å². The second kappa shape index (κ2) is 12.4. The Morgan fingerprint density at radius 2 is 1.54 bits per heavy atom. The Labute approximate surface area is 305 Å². The Hall–Kier alpha value is -5.52. The molecule has 1 aliphatic heterocycles. The first-order valence-electron chi connectivity index (χ1n) is 16.3. The van der Waals surface area contributed by atoms with Crippen LogP contribution >= 0.6 is 0 Å². The molecule has 8 heteroatoms. The van der Waals surface area contributed by atoms with Crippen molar-refractivity contribution < 1.29 is 25.8 Å². The van der Waals surface area contributed by atoms with Gasteiger partial charge in [-0.25, -0.2) is 9.97 Å². The number of ether oxygens (including phenoxy) is 1. The summed E-state index contributed by atoms with van der Waals surface area (Å²) in [5.41, 5.74) is 6.84. The molecule has 5 heterocycles. The van der Waals surface area contributed by atoms with Crippen molar-refractivity contribution in [2.24, 2.45) is 0 Å². The van der Waals surface area contributed by atoms with Crippen LogP contribution in [0.25, 0.3) is 38.5 Å². The Morgan fingerprint density at radius 3 is 2.44 bits per heavy atom. The molecule has 1 aliphatic rings. The molecule has 8 aromatic rings. The molecule has 0 saturated heterocycles. The summed E-state index contributed by atoms with van der Waals surface area (Å²) in [6, 6.07) is 43.9. The summed E-state index contributed by atoms with van der Waals surface area (Å²) in [6.07, 6.45) is 5.54. The quantitative estimate of drug-likeness (QED) is 0.161. The van der Waals surface area contributed by atoms with Crippen LogP contribution in [0.5, 0.6) is 11.5 Å². The number of benzene rings is 4. The number of pyridine rings is 3. The number of nitrogens with zero attached hydrogens (tertiary/aromatic N) is 6. The number of para-hydroxylation sites is 2. The average molecular weight is 831 g/mol. The summed E-state index contributed by atoms with van der Waals surface area (Å²) in [7, 11) is 0. The zero-order valence-electron chi connectivity index (χ0n) is 27.6. The third-order valence-electron chi connectivity index (χ3n) is 8.99. The monoisotopic (exact) mass is 830 g/mol. The molecular weight excluding hydrogens is 800 g/mol. The van der Waals surface area contributed by atoms with Crippen LogP contribution in [0.15, 0.2) is 128 Å². The van der Waals surface area contributed by atoms with Crippen molar-refractivity contribution in [3.8, 4) is 17.3 Å². The topological polar surface area (TPSA) is 59.3 Å². The van der Waals surface area contributed by atoms with Gasteiger partial charge in [-0.2, -0.15) is 12.1 Å². The van der Waals surface area contributed by atoms with Crippen molar-refractivity contribution in [2.45, 2.75) is 26.2 Å². The van der Waals surface area contributed by atoms with Crippen LogP contribution in [-0.2, 0) is 26.5 Å². The molecule has 9 rings (SSSR count). The van der Waals surface area contributed by atoms with E-state index in [1.807, 2.05) is 73.7 Å². The molecule has 0 atom stereocenters. The summed E-state index contributed by atoms with van der Waals surface area (Å²) < 4.78 is 8.65. The fraction of sp³-hybridized carbons (Fsp3) is 0.0952. The molecule has 4 aromatic carbocycles. The van der Waals surface area contributed by atoms with Crippen LogP contribution in [0.3, 0.4) is 0 Å². The molecule has 0 spiro atoms. The van der Waals surface area contributed by atoms with Gasteiger partial charge in [0.1, 0.15) is 11.6 Å². The smallest absolute Gasteiger partial charge is 0.135 e. The molecular formula is C42H31N6OPt-3.